The van der Waals surface area contributed by atoms with E-state index in [1.54, 1.807) is 12.1 Å². The Balaban J connectivity index is 1.61. The van der Waals surface area contributed by atoms with Crippen molar-refractivity contribution in [2.75, 3.05) is 0 Å². The van der Waals surface area contributed by atoms with Crippen LogP contribution in [0.1, 0.15) is 49.7 Å². The third-order valence-electron chi connectivity index (χ3n) is 6.15. The Morgan fingerprint density at radius 2 is 1.11 bits per heavy atom. The van der Waals surface area contributed by atoms with Crippen LogP contribution >= 0.6 is 0 Å². The predicted molar refractivity (Wildman–Crippen MR) is 112 cm³/mol. The number of rotatable bonds is 3. The van der Waals surface area contributed by atoms with Gasteiger partial charge < -0.3 is 0 Å². The molecule has 0 atom stereocenters. The third kappa shape index (κ3) is 3.73. The van der Waals surface area contributed by atoms with Crippen molar-refractivity contribution >= 4 is 0 Å². The summed E-state index contributed by atoms with van der Waals surface area (Å²) < 4.78 is 29.6. The fourth-order valence-corrected chi connectivity index (χ4v) is 4.26. The van der Waals surface area contributed by atoms with Gasteiger partial charge in [-0.25, -0.2) is 8.78 Å². The highest BCUT2D eigenvalue weighted by molar-refractivity contribution is 5.72. The Bertz CT molecular complexity index is 947. The fraction of sp³-hybridized carbons (Fsp3) is 0.308. The Morgan fingerprint density at radius 1 is 0.643 bits per heavy atom. The summed E-state index contributed by atoms with van der Waals surface area (Å²) >= 11 is 0. The van der Waals surface area contributed by atoms with Gasteiger partial charge in [0.15, 0.2) is 11.6 Å². The van der Waals surface area contributed by atoms with Gasteiger partial charge in [-0.15, -0.1) is 0 Å². The van der Waals surface area contributed by atoms with Crippen molar-refractivity contribution < 1.29 is 8.78 Å². The number of halogens is 2. The lowest BCUT2D eigenvalue weighted by Gasteiger charge is -2.26. The first-order valence-corrected chi connectivity index (χ1v) is 10.2. The lowest BCUT2D eigenvalue weighted by Crippen LogP contribution is -2.10. The van der Waals surface area contributed by atoms with E-state index < -0.39 is 11.6 Å². The maximum Gasteiger partial charge on any atom is 0.167 e. The molecule has 1 aliphatic carbocycles. The molecule has 3 aromatic carbocycles. The van der Waals surface area contributed by atoms with E-state index in [2.05, 4.69) is 19.1 Å². The Labute approximate surface area is 166 Å². The molecule has 3 aromatic rings. The van der Waals surface area contributed by atoms with Crippen LogP contribution in [0.5, 0.6) is 0 Å². The molecule has 144 valence electrons. The molecule has 1 fully saturated rings. The number of aryl methyl sites for hydroxylation is 1. The molecule has 0 spiro atoms. The van der Waals surface area contributed by atoms with Crippen LogP contribution in [-0.2, 0) is 0 Å². The second-order valence-electron chi connectivity index (χ2n) is 8.23. The van der Waals surface area contributed by atoms with E-state index in [-0.39, 0.29) is 0 Å². The predicted octanol–water partition coefficient (Wildman–Crippen LogP) is 7.90. The molecular weight excluding hydrogens is 350 g/mol. The highest BCUT2D eigenvalue weighted by Gasteiger charge is 2.20. The third-order valence-corrected chi connectivity index (χ3v) is 6.15. The summed E-state index contributed by atoms with van der Waals surface area (Å²) in [7, 11) is 0. The van der Waals surface area contributed by atoms with Gasteiger partial charge >= 0.3 is 0 Å². The Kier molecular flexibility index (Phi) is 5.30. The van der Waals surface area contributed by atoms with Gasteiger partial charge in [0.2, 0.25) is 0 Å². The standard InChI is InChI=1S/C26H26F2/c1-17-3-7-19(8-4-17)20-11-13-22(14-12-20)24-16-15-23(25(27)26(24)28)21-9-5-18(2)6-10-21/h5-6,9-17,19H,3-4,7-8H2,1-2H3. The zero-order chi connectivity index (χ0) is 19.7. The molecule has 28 heavy (non-hydrogen) atoms. The number of benzene rings is 3. The van der Waals surface area contributed by atoms with Gasteiger partial charge in [-0.2, -0.15) is 0 Å². The maximum absolute atomic E-state index is 14.8. The highest BCUT2D eigenvalue weighted by atomic mass is 19.2. The molecule has 0 radical (unpaired) electrons. The summed E-state index contributed by atoms with van der Waals surface area (Å²) in [6, 6.07) is 18.9. The summed E-state index contributed by atoms with van der Waals surface area (Å²) in [5.41, 5.74) is 4.43. The Hall–Kier alpha value is -2.48. The van der Waals surface area contributed by atoms with Gasteiger partial charge in [-0.3, -0.25) is 0 Å². The largest absolute Gasteiger partial charge is 0.203 e. The minimum atomic E-state index is -0.785. The van der Waals surface area contributed by atoms with Gasteiger partial charge in [0.1, 0.15) is 0 Å². The van der Waals surface area contributed by atoms with Crippen LogP contribution in [0.15, 0.2) is 60.7 Å². The van der Waals surface area contributed by atoms with E-state index in [0.29, 0.717) is 22.6 Å². The van der Waals surface area contributed by atoms with Crippen LogP contribution in [0.25, 0.3) is 22.3 Å². The molecule has 0 bridgehead atoms. The molecular formula is C26H26F2. The van der Waals surface area contributed by atoms with Gasteiger partial charge in [0, 0.05) is 11.1 Å². The van der Waals surface area contributed by atoms with Crippen LogP contribution in [0.3, 0.4) is 0 Å². The monoisotopic (exact) mass is 376 g/mol. The summed E-state index contributed by atoms with van der Waals surface area (Å²) in [5, 5.41) is 0. The number of hydrogen-bond donors (Lipinski definition) is 0. The van der Waals surface area contributed by atoms with E-state index in [1.165, 1.54) is 31.2 Å². The van der Waals surface area contributed by atoms with Crippen molar-refractivity contribution in [3.05, 3.63) is 83.4 Å². The average molecular weight is 376 g/mol. The van der Waals surface area contributed by atoms with Crippen molar-refractivity contribution in [2.45, 2.75) is 45.4 Å². The molecule has 2 heteroatoms. The molecule has 0 N–H and O–H groups in total. The molecule has 0 saturated heterocycles. The first kappa shape index (κ1) is 18.9. The first-order valence-electron chi connectivity index (χ1n) is 10.2. The zero-order valence-electron chi connectivity index (χ0n) is 16.5. The molecule has 0 unspecified atom stereocenters. The van der Waals surface area contributed by atoms with E-state index >= 15 is 0 Å². The Morgan fingerprint density at radius 3 is 1.61 bits per heavy atom. The average Bonchev–Trinajstić information content (AvgIpc) is 2.72. The molecule has 4 rings (SSSR count). The molecule has 0 aromatic heterocycles. The topological polar surface area (TPSA) is 0 Å². The van der Waals surface area contributed by atoms with Crippen molar-refractivity contribution in [1.82, 2.24) is 0 Å². The van der Waals surface area contributed by atoms with Gasteiger partial charge in [-0.05, 0) is 48.3 Å². The quantitative estimate of drug-likeness (QED) is 0.436. The minimum absolute atomic E-state index is 0.300. The summed E-state index contributed by atoms with van der Waals surface area (Å²) in [6.45, 7) is 4.29. The maximum atomic E-state index is 14.8. The number of hydrogen-bond acceptors (Lipinski definition) is 0. The van der Waals surface area contributed by atoms with Crippen LogP contribution in [0.2, 0.25) is 0 Å². The second-order valence-corrected chi connectivity index (χ2v) is 8.23. The van der Waals surface area contributed by atoms with Crippen LogP contribution in [0.4, 0.5) is 8.78 Å². The molecule has 0 aliphatic heterocycles. The molecule has 1 aliphatic rings. The van der Waals surface area contributed by atoms with Crippen molar-refractivity contribution in [3.63, 3.8) is 0 Å². The van der Waals surface area contributed by atoms with Crippen molar-refractivity contribution in [2.24, 2.45) is 5.92 Å². The van der Waals surface area contributed by atoms with Crippen LogP contribution < -0.4 is 0 Å². The first-order chi connectivity index (χ1) is 13.5. The summed E-state index contributed by atoms with van der Waals surface area (Å²) in [4.78, 5) is 0. The molecule has 0 amide bonds. The SMILES string of the molecule is Cc1ccc(-c2ccc(-c3ccc(C4CCC(C)CC4)cc3)c(F)c2F)cc1. The van der Waals surface area contributed by atoms with Gasteiger partial charge in [0.25, 0.3) is 0 Å². The lowest BCUT2D eigenvalue weighted by atomic mass is 9.79. The smallest absolute Gasteiger partial charge is 0.167 e. The molecule has 0 heterocycles. The van der Waals surface area contributed by atoms with E-state index in [0.717, 1.165) is 17.0 Å². The van der Waals surface area contributed by atoms with Crippen LogP contribution in [-0.4, -0.2) is 0 Å². The second kappa shape index (κ2) is 7.87. The lowest BCUT2D eigenvalue weighted by molar-refractivity contribution is 0.348. The highest BCUT2D eigenvalue weighted by Crippen LogP contribution is 2.37. The normalized spacial score (nSPS) is 19.6. The van der Waals surface area contributed by atoms with Gasteiger partial charge in [-0.1, -0.05) is 86.0 Å². The molecule has 0 nitrogen and oxygen atoms in total. The van der Waals surface area contributed by atoms with E-state index in [9.17, 15) is 8.78 Å². The minimum Gasteiger partial charge on any atom is -0.203 e. The summed E-state index contributed by atoms with van der Waals surface area (Å²) in [5.74, 6) is -0.153. The van der Waals surface area contributed by atoms with E-state index in [4.69, 9.17) is 0 Å². The van der Waals surface area contributed by atoms with E-state index in [1.807, 2.05) is 43.3 Å². The van der Waals surface area contributed by atoms with Crippen LogP contribution in [0, 0.1) is 24.5 Å². The molecule has 1 saturated carbocycles. The van der Waals surface area contributed by atoms with Gasteiger partial charge in [0.05, 0.1) is 0 Å². The zero-order valence-corrected chi connectivity index (χ0v) is 16.5. The van der Waals surface area contributed by atoms with Crippen molar-refractivity contribution in [1.29, 1.82) is 0 Å². The van der Waals surface area contributed by atoms with Crippen molar-refractivity contribution in [3.8, 4) is 22.3 Å². The summed E-state index contributed by atoms with van der Waals surface area (Å²) in [6.07, 6.45) is 4.98. The fourth-order valence-electron chi connectivity index (χ4n) is 4.26.